The van der Waals surface area contributed by atoms with Crippen molar-refractivity contribution in [3.8, 4) is 0 Å². The molecule has 0 amide bonds. The van der Waals surface area contributed by atoms with Crippen LogP contribution in [0, 0.1) is 0 Å². The molecule has 0 radical (unpaired) electrons. The van der Waals surface area contributed by atoms with E-state index in [-0.39, 0.29) is 17.8 Å². The minimum absolute atomic E-state index is 0.0678. The van der Waals surface area contributed by atoms with Gasteiger partial charge >= 0.3 is 0 Å². The number of aliphatic hydroxyl groups excluding tert-OH is 1. The van der Waals surface area contributed by atoms with Crippen LogP contribution in [0.1, 0.15) is 65.7 Å². The highest BCUT2D eigenvalue weighted by atomic mass is 16.6. The molecule has 0 aromatic carbocycles. The molecule has 0 aromatic rings. The van der Waals surface area contributed by atoms with Crippen molar-refractivity contribution in [3.05, 3.63) is 0 Å². The molecule has 0 aliphatic carbocycles. The first-order chi connectivity index (χ1) is 7.08. The van der Waals surface area contributed by atoms with Crippen LogP contribution in [0.25, 0.3) is 0 Å². The maximum Gasteiger partial charge on any atom is 0.113 e. The Morgan fingerprint density at radius 3 is 2.20 bits per heavy atom. The topological polar surface area (TPSA) is 32.8 Å². The van der Waals surface area contributed by atoms with Crippen LogP contribution in [0.3, 0.4) is 0 Å². The first kappa shape index (κ1) is 13.0. The highest BCUT2D eigenvalue weighted by Crippen LogP contribution is 2.38. The van der Waals surface area contributed by atoms with E-state index >= 15 is 0 Å². The van der Waals surface area contributed by atoms with Crippen molar-refractivity contribution in [2.45, 2.75) is 83.5 Å². The quantitative estimate of drug-likeness (QED) is 0.497. The van der Waals surface area contributed by atoms with Gasteiger partial charge in [-0.25, -0.2) is 0 Å². The minimum Gasteiger partial charge on any atom is -0.390 e. The van der Waals surface area contributed by atoms with Gasteiger partial charge in [0.1, 0.15) is 6.10 Å². The Kier molecular flexibility index (Phi) is 5.07. The Balaban J connectivity index is 1.92. The Bertz CT molecular complexity index is 177. The van der Waals surface area contributed by atoms with Gasteiger partial charge in [-0.15, -0.1) is 0 Å². The monoisotopic (exact) mass is 214 g/mol. The lowest BCUT2D eigenvalue weighted by molar-refractivity contribution is 0.123. The van der Waals surface area contributed by atoms with Crippen LogP contribution in [-0.4, -0.2) is 22.9 Å². The largest absolute Gasteiger partial charge is 0.390 e. The summed E-state index contributed by atoms with van der Waals surface area (Å²) < 4.78 is 5.41. The summed E-state index contributed by atoms with van der Waals surface area (Å²) in [5, 5.41) is 9.80. The molecular formula is C13H26O2. The van der Waals surface area contributed by atoms with Crippen LogP contribution in [0.5, 0.6) is 0 Å². The molecule has 2 atom stereocenters. The van der Waals surface area contributed by atoms with Gasteiger partial charge in [0.2, 0.25) is 0 Å². The summed E-state index contributed by atoms with van der Waals surface area (Å²) in [5.41, 5.74) is -0.0678. The fourth-order valence-corrected chi connectivity index (χ4v) is 2.12. The predicted molar refractivity (Wildman–Crippen MR) is 63.0 cm³/mol. The van der Waals surface area contributed by atoms with Gasteiger partial charge in [-0.1, -0.05) is 45.4 Å². The van der Waals surface area contributed by atoms with E-state index in [4.69, 9.17) is 4.74 Å². The van der Waals surface area contributed by atoms with E-state index in [0.717, 1.165) is 12.8 Å². The Labute approximate surface area is 94.0 Å². The van der Waals surface area contributed by atoms with Crippen LogP contribution < -0.4 is 0 Å². The highest BCUT2D eigenvalue weighted by Gasteiger charge is 2.51. The third kappa shape index (κ3) is 4.52. The minimum atomic E-state index is -0.244. The molecule has 1 heterocycles. The van der Waals surface area contributed by atoms with Gasteiger partial charge in [0.25, 0.3) is 0 Å². The Morgan fingerprint density at radius 2 is 1.67 bits per heavy atom. The van der Waals surface area contributed by atoms with Crippen LogP contribution in [0.2, 0.25) is 0 Å². The third-order valence-corrected chi connectivity index (χ3v) is 3.26. The van der Waals surface area contributed by atoms with E-state index < -0.39 is 0 Å². The van der Waals surface area contributed by atoms with Gasteiger partial charge in [-0.3, -0.25) is 0 Å². The lowest BCUT2D eigenvalue weighted by Gasteiger charge is -2.08. The van der Waals surface area contributed by atoms with Crippen LogP contribution in [-0.2, 0) is 4.74 Å². The number of unbranched alkanes of at least 4 members (excludes halogenated alkanes) is 5. The summed E-state index contributed by atoms with van der Waals surface area (Å²) in [4.78, 5) is 0. The molecule has 0 unspecified atom stereocenters. The predicted octanol–water partition coefficient (Wildman–Crippen LogP) is 3.28. The standard InChI is InChI=1S/C13H26O2/c1-4-5-6-7-8-9-10-11(14)12-13(2,3)15-12/h11-12,14H,4-10H2,1-3H3/t11-,12+/m1/s1. The molecule has 2 heteroatoms. The number of hydrogen-bond donors (Lipinski definition) is 1. The smallest absolute Gasteiger partial charge is 0.113 e. The molecular weight excluding hydrogens is 188 g/mol. The lowest BCUT2D eigenvalue weighted by atomic mass is 10.0. The van der Waals surface area contributed by atoms with Gasteiger partial charge < -0.3 is 9.84 Å². The van der Waals surface area contributed by atoms with Crippen molar-refractivity contribution >= 4 is 0 Å². The molecule has 1 aliphatic rings. The molecule has 0 aromatic heterocycles. The second kappa shape index (κ2) is 5.86. The molecule has 1 rings (SSSR count). The lowest BCUT2D eigenvalue weighted by Crippen LogP contribution is -2.20. The zero-order chi connectivity index (χ0) is 11.3. The fraction of sp³-hybridized carbons (Fsp3) is 1.00. The van der Waals surface area contributed by atoms with Crippen molar-refractivity contribution < 1.29 is 9.84 Å². The van der Waals surface area contributed by atoms with Crippen molar-refractivity contribution in [1.82, 2.24) is 0 Å². The summed E-state index contributed by atoms with van der Waals surface area (Å²) in [6.45, 7) is 6.32. The number of ether oxygens (including phenoxy) is 1. The molecule has 0 bridgehead atoms. The van der Waals surface area contributed by atoms with E-state index in [1.165, 1.54) is 32.1 Å². The first-order valence-electron chi connectivity index (χ1n) is 6.44. The van der Waals surface area contributed by atoms with Gasteiger partial charge in [0.15, 0.2) is 0 Å². The van der Waals surface area contributed by atoms with Gasteiger partial charge in [-0.2, -0.15) is 0 Å². The Hall–Kier alpha value is -0.0800. The molecule has 15 heavy (non-hydrogen) atoms. The first-order valence-corrected chi connectivity index (χ1v) is 6.44. The molecule has 1 fully saturated rings. The summed E-state index contributed by atoms with van der Waals surface area (Å²) in [5.74, 6) is 0. The number of hydrogen-bond acceptors (Lipinski definition) is 2. The Morgan fingerprint density at radius 1 is 1.13 bits per heavy atom. The molecule has 0 spiro atoms. The zero-order valence-electron chi connectivity index (χ0n) is 10.5. The number of aliphatic hydroxyl groups is 1. The summed E-state index contributed by atoms with van der Waals surface area (Å²) in [6.07, 6.45) is 8.45. The van der Waals surface area contributed by atoms with Crippen molar-refractivity contribution in [1.29, 1.82) is 0 Å². The van der Waals surface area contributed by atoms with Crippen LogP contribution in [0.15, 0.2) is 0 Å². The van der Waals surface area contributed by atoms with Gasteiger partial charge in [0, 0.05) is 0 Å². The number of epoxide rings is 1. The van der Waals surface area contributed by atoms with Gasteiger partial charge in [-0.05, 0) is 20.3 Å². The number of rotatable bonds is 8. The second-order valence-corrected chi connectivity index (χ2v) is 5.27. The van der Waals surface area contributed by atoms with E-state index in [1.807, 2.05) is 13.8 Å². The summed E-state index contributed by atoms with van der Waals surface area (Å²) in [6, 6.07) is 0. The van der Waals surface area contributed by atoms with Crippen molar-refractivity contribution in [2.75, 3.05) is 0 Å². The van der Waals surface area contributed by atoms with Crippen LogP contribution >= 0.6 is 0 Å². The molecule has 1 N–H and O–H groups in total. The van der Waals surface area contributed by atoms with Crippen molar-refractivity contribution in [3.63, 3.8) is 0 Å². The normalized spacial score (nSPS) is 25.2. The molecule has 1 aliphatic heterocycles. The molecule has 0 saturated carbocycles. The summed E-state index contributed by atoms with van der Waals surface area (Å²) in [7, 11) is 0. The molecule has 90 valence electrons. The van der Waals surface area contributed by atoms with E-state index in [0.29, 0.717) is 0 Å². The summed E-state index contributed by atoms with van der Waals surface area (Å²) >= 11 is 0. The zero-order valence-corrected chi connectivity index (χ0v) is 10.5. The van der Waals surface area contributed by atoms with Crippen molar-refractivity contribution in [2.24, 2.45) is 0 Å². The SMILES string of the molecule is CCCCCCCC[C@@H](O)[C@@H]1OC1(C)C. The second-order valence-electron chi connectivity index (χ2n) is 5.27. The maximum atomic E-state index is 9.80. The van der Waals surface area contributed by atoms with Gasteiger partial charge in [0.05, 0.1) is 11.7 Å². The van der Waals surface area contributed by atoms with E-state index in [2.05, 4.69) is 6.92 Å². The van der Waals surface area contributed by atoms with Crippen LogP contribution in [0.4, 0.5) is 0 Å². The average molecular weight is 214 g/mol. The molecule has 1 saturated heterocycles. The highest BCUT2D eigenvalue weighted by molar-refractivity contribution is 4.99. The maximum absolute atomic E-state index is 9.80. The molecule has 2 nitrogen and oxygen atoms in total. The fourth-order valence-electron chi connectivity index (χ4n) is 2.12. The van der Waals surface area contributed by atoms with E-state index in [9.17, 15) is 5.11 Å². The van der Waals surface area contributed by atoms with E-state index in [1.54, 1.807) is 0 Å². The third-order valence-electron chi connectivity index (χ3n) is 3.26. The average Bonchev–Trinajstić information content (AvgIpc) is 2.81.